The SMILES string of the molecule is COc1cc(N2CCN(C(=O)c3cn(C)nc3OC)CC2=O)ccn1. The quantitative estimate of drug-likeness (QED) is 0.793. The van der Waals surface area contributed by atoms with Crippen molar-refractivity contribution in [1.82, 2.24) is 19.7 Å². The maximum absolute atomic E-state index is 12.7. The maximum atomic E-state index is 12.7. The van der Waals surface area contributed by atoms with E-state index in [1.54, 1.807) is 36.5 Å². The van der Waals surface area contributed by atoms with E-state index in [1.807, 2.05) is 0 Å². The van der Waals surface area contributed by atoms with Gasteiger partial charge in [-0.2, -0.15) is 0 Å². The summed E-state index contributed by atoms with van der Waals surface area (Å²) in [5.74, 6) is 0.242. The molecule has 1 aliphatic rings. The maximum Gasteiger partial charge on any atom is 0.261 e. The lowest BCUT2D eigenvalue weighted by molar-refractivity contribution is -0.120. The summed E-state index contributed by atoms with van der Waals surface area (Å²) >= 11 is 0. The molecule has 2 aromatic rings. The number of anilines is 1. The summed E-state index contributed by atoms with van der Waals surface area (Å²) in [5.41, 5.74) is 1.04. The van der Waals surface area contributed by atoms with E-state index >= 15 is 0 Å². The minimum atomic E-state index is -0.273. The summed E-state index contributed by atoms with van der Waals surface area (Å²) in [6.45, 7) is 0.787. The van der Waals surface area contributed by atoms with Crippen molar-refractivity contribution >= 4 is 17.5 Å². The zero-order valence-corrected chi connectivity index (χ0v) is 14.3. The number of hydrogen-bond donors (Lipinski definition) is 0. The van der Waals surface area contributed by atoms with Crippen LogP contribution in [0.3, 0.4) is 0 Å². The summed E-state index contributed by atoms with van der Waals surface area (Å²) in [4.78, 5) is 32.3. The molecule has 25 heavy (non-hydrogen) atoms. The van der Waals surface area contributed by atoms with Gasteiger partial charge < -0.3 is 19.3 Å². The Morgan fingerprint density at radius 3 is 2.72 bits per heavy atom. The van der Waals surface area contributed by atoms with Crippen LogP contribution in [0, 0.1) is 0 Å². The highest BCUT2D eigenvalue weighted by atomic mass is 16.5. The molecule has 0 saturated carbocycles. The van der Waals surface area contributed by atoms with Gasteiger partial charge in [0.15, 0.2) is 0 Å². The summed E-state index contributed by atoms with van der Waals surface area (Å²) in [6.07, 6.45) is 3.17. The van der Waals surface area contributed by atoms with Crippen molar-refractivity contribution in [1.29, 1.82) is 0 Å². The number of ether oxygens (including phenoxy) is 2. The molecule has 9 heteroatoms. The van der Waals surface area contributed by atoms with Gasteiger partial charge in [0.05, 0.1) is 19.9 Å². The number of methoxy groups -OCH3 is 2. The van der Waals surface area contributed by atoms with E-state index in [-0.39, 0.29) is 24.2 Å². The highest BCUT2D eigenvalue weighted by Gasteiger charge is 2.31. The van der Waals surface area contributed by atoms with Gasteiger partial charge in [0, 0.05) is 38.6 Å². The Bertz CT molecular complexity index is 804. The van der Waals surface area contributed by atoms with Gasteiger partial charge >= 0.3 is 0 Å². The lowest BCUT2D eigenvalue weighted by Crippen LogP contribution is -2.52. The van der Waals surface area contributed by atoms with Gasteiger partial charge in [0.25, 0.3) is 5.91 Å². The zero-order chi connectivity index (χ0) is 18.0. The molecule has 0 unspecified atom stereocenters. The van der Waals surface area contributed by atoms with E-state index in [0.29, 0.717) is 30.2 Å². The number of nitrogens with zero attached hydrogens (tertiary/aromatic N) is 5. The van der Waals surface area contributed by atoms with E-state index in [0.717, 1.165) is 0 Å². The van der Waals surface area contributed by atoms with Crippen LogP contribution in [0.15, 0.2) is 24.5 Å². The third-order valence-corrected chi connectivity index (χ3v) is 3.97. The normalized spacial score (nSPS) is 14.6. The Balaban J connectivity index is 1.75. The molecule has 0 bridgehead atoms. The minimum Gasteiger partial charge on any atom is -0.481 e. The largest absolute Gasteiger partial charge is 0.481 e. The van der Waals surface area contributed by atoms with E-state index in [2.05, 4.69) is 10.1 Å². The molecule has 0 N–H and O–H groups in total. The van der Waals surface area contributed by atoms with E-state index in [1.165, 1.54) is 23.8 Å². The van der Waals surface area contributed by atoms with Crippen molar-refractivity contribution in [3.8, 4) is 11.8 Å². The van der Waals surface area contributed by atoms with Crippen molar-refractivity contribution in [2.75, 3.05) is 38.8 Å². The second kappa shape index (κ2) is 6.80. The van der Waals surface area contributed by atoms with Crippen LogP contribution in [0.5, 0.6) is 11.8 Å². The number of carbonyl (C=O) groups excluding carboxylic acids is 2. The van der Waals surface area contributed by atoms with E-state index < -0.39 is 0 Å². The molecular weight excluding hydrogens is 326 g/mol. The van der Waals surface area contributed by atoms with Crippen LogP contribution in [-0.4, -0.2) is 65.3 Å². The van der Waals surface area contributed by atoms with Gasteiger partial charge in [0.2, 0.25) is 17.7 Å². The Morgan fingerprint density at radius 1 is 1.24 bits per heavy atom. The molecule has 0 aromatic carbocycles. The van der Waals surface area contributed by atoms with Gasteiger partial charge in [0.1, 0.15) is 12.1 Å². The molecule has 3 heterocycles. The number of aryl methyl sites for hydroxylation is 1. The average molecular weight is 345 g/mol. The Labute approximate surface area is 144 Å². The molecule has 0 aliphatic carbocycles. The summed E-state index contributed by atoms with van der Waals surface area (Å²) in [6, 6.07) is 3.43. The fraction of sp³-hybridized carbons (Fsp3) is 0.375. The van der Waals surface area contributed by atoms with Crippen LogP contribution in [0.1, 0.15) is 10.4 Å². The molecule has 9 nitrogen and oxygen atoms in total. The molecule has 2 amide bonds. The molecule has 1 fully saturated rings. The zero-order valence-electron chi connectivity index (χ0n) is 14.3. The first-order valence-corrected chi connectivity index (χ1v) is 7.70. The first kappa shape index (κ1) is 16.7. The topological polar surface area (TPSA) is 89.8 Å². The third kappa shape index (κ3) is 3.25. The third-order valence-electron chi connectivity index (χ3n) is 3.97. The first-order valence-electron chi connectivity index (χ1n) is 7.70. The fourth-order valence-corrected chi connectivity index (χ4v) is 2.73. The number of piperazine rings is 1. The monoisotopic (exact) mass is 345 g/mol. The molecule has 2 aromatic heterocycles. The molecular formula is C16H19N5O4. The number of hydrogen-bond acceptors (Lipinski definition) is 6. The Hall–Kier alpha value is -3.10. The Morgan fingerprint density at radius 2 is 2.04 bits per heavy atom. The predicted molar refractivity (Wildman–Crippen MR) is 88.8 cm³/mol. The van der Waals surface area contributed by atoms with Crippen molar-refractivity contribution in [2.24, 2.45) is 7.05 Å². The highest BCUT2D eigenvalue weighted by molar-refractivity contribution is 6.02. The first-order chi connectivity index (χ1) is 12.0. The second-order valence-corrected chi connectivity index (χ2v) is 5.55. The van der Waals surface area contributed by atoms with Crippen LogP contribution >= 0.6 is 0 Å². The van der Waals surface area contributed by atoms with Gasteiger partial charge in [-0.3, -0.25) is 14.3 Å². The predicted octanol–water partition coefficient (Wildman–Crippen LogP) is 0.321. The molecule has 0 radical (unpaired) electrons. The number of carbonyl (C=O) groups is 2. The second-order valence-electron chi connectivity index (χ2n) is 5.55. The van der Waals surface area contributed by atoms with Crippen molar-refractivity contribution in [2.45, 2.75) is 0 Å². The van der Waals surface area contributed by atoms with Crippen molar-refractivity contribution in [3.05, 3.63) is 30.1 Å². The summed E-state index contributed by atoms with van der Waals surface area (Å²) < 4.78 is 11.7. The van der Waals surface area contributed by atoms with Gasteiger partial charge in [-0.1, -0.05) is 0 Å². The van der Waals surface area contributed by atoms with Crippen LogP contribution in [-0.2, 0) is 11.8 Å². The van der Waals surface area contributed by atoms with E-state index in [4.69, 9.17) is 9.47 Å². The van der Waals surface area contributed by atoms with Crippen molar-refractivity contribution < 1.29 is 19.1 Å². The molecule has 1 aliphatic heterocycles. The smallest absolute Gasteiger partial charge is 0.261 e. The molecule has 132 valence electrons. The minimum absolute atomic E-state index is 0.0124. The highest BCUT2D eigenvalue weighted by Crippen LogP contribution is 2.23. The number of rotatable bonds is 4. The summed E-state index contributed by atoms with van der Waals surface area (Å²) in [7, 11) is 4.68. The molecule has 0 atom stereocenters. The number of aromatic nitrogens is 3. The molecule has 3 rings (SSSR count). The molecule has 1 saturated heterocycles. The number of amides is 2. The van der Waals surface area contributed by atoms with Crippen LogP contribution in [0.2, 0.25) is 0 Å². The lowest BCUT2D eigenvalue weighted by Gasteiger charge is -2.34. The van der Waals surface area contributed by atoms with E-state index in [9.17, 15) is 9.59 Å². The van der Waals surface area contributed by atoms with Gasteiger partial charge in [-0.25, -0.2) is 4.98 Å². The number of pyridine rings is 1. The fourth-order valence-electron chi connectivity index (χ4n) is 2.73. The standard InChI is InChI=1S/C16H19N5O4/c1-19-9-12(15(18-19)25-3)16(23)20-6-7-21(14(22)10-20)11-4-5-17-13(8-11)24-2/h4-5,8-9H,6-7,10H2,1-3H3. The van der Waals surface area contributed by atoms with Gasteiger partial charge in [-0.15, -0.1) is 5.10 Å². The lowest BCUT2D eigenvalue weighted by atomic mass is 10.2. The van der Waals surface area contributed by atoms with Crippen molar-refractivity contribution in [3.63, 3.8) is 0 Å². The average Bonchev–Trinajstić information content (AvgIpc) is 3.01. The van der Waals surface area contributed by atoms with Crippen LogP contribution < -0.4 is 14.4 Å². The van der Waals surface area contributed by atoms with Gasteiger partial charge in [-0.05, 0) is 6.07 Å². The summed E-state index contributed by atoms with van der Waals surface area (Å²) in [5, 5.41) is 4.08. The van der Waals surface area contributed by atoms with Crippen LogP contribution in [0.25, 0.3) is 0 Å². The molecule has 0 spiro atoms. The Kier molecular flexibility index (Phi) is 4.55. The van der Waals surface area contributed by atoms with Crippen LogP contribution in [0.4, 0.5) is 5.69 Å².